The van der Waals surface area contributed by atoms with Crippen molar-refractivity contribution in [1.82, 2.24) is 0 Å². The monoisotopic (exact) mass is 269 g/mol. The number of ether oxygens (including phenoxy) is 2. The van der Waals surface area contributed by atoms with Crippen LogP contribution in [0.2, 0.25) is 0 Å². The number of esters is 1. The fraction of sp³-hybridized carbons (Fsp3) is 0.500. The molecule has 0 heterocycles. The second-order valence-corrected chi connectivity index (χ2v) is 4.33. The number of halogens is 1. The lowest BCUT2D eigenvalue weighted by atomic mass is 10.1. The standard InChI is InChI=1S/C14H20FNO3/c1-5-10(14(17)19-4)9-16(2)11-6-7-13(18-3)12(15)8-11/h6-8,10H,5,9H2,1-4H3. The second kappa shape index (κ2) is 6.97. The molecule has 0 saturated carbocycles. The van der Waals surface area contributed by atoms with Gasteiger partial charge in [0.25, 0.3) is 0 Å². The van der Waals surface area contributed by atoms with E-state index in [0.717, 1.165) is 0 Å². The molecule has 5 heteroatoms. The highest BCUT2D eigenvalue weighted by Gasteiger charge is 2.19. The average molecular weight is 269 g/mol. The van der Waals surface area contributed by atoms with Crippen molar-refractivity contribution < 1.29 is 18.7 Å². The van der Waals surface area contributed by atoms with Crippen molar-refractivity contribution in [2.24, 2.45) is 5.92 Å². The smallest absolute Gasteiger partial charge is 0.310 e. The molecule has 1 aromatic rings. The Hall–Kier alpha value is -1.78. The van der Waals surface area contributed by atoms with E-state index in [4.69, 9.17) is 9.47 Å². The van der Waals surface area contributed by atoms with Gasteiger partial charge in [0.2, 0.25) is 0 Å². The first-order valence-corrected chi connectivity index (χ1v) is 6.16. The Morgan fingerprint density at radius 3 is 2.58 bits per heavy atom. The highest BCUT2D eigenvalue weighted by molar-refractivity contribution is 5.73. The molecule has 0 fully saturated rings. The molecule has 0 aliphatic heterocycles. The van der Waals surface area contributed by atoms with Crippen LogP contribution in [0.15, 0.2) is 18.2 Å². The summed E-state index contributed by atoms with van der Waals surface area (Å²) in [6.07, 6.45) is 0.676. The first-order chi connectivity index (χ1) is 9.03. The van der Waals surface area contributed by atoms with Crippen LogP contribution in [0.5, 0.6) is 5.75 Å². The third kappa shape index (κ3) is 3.84. The van der Waals surface area contributed by atoms with Crippen molar-refractivity contribution in [2.45, 2.75) is 13.3 Å². The highest BCUT2D eigenvalue weighted by atomic mass is 19.1. The minimum absolute atomic E-state index is 0.206. The van der Waals surface area contributed by atoms with Crippen LogP contribution in [0.3, 0.4) is 0 Å². The van der Waals surface area contributed by atoms with E-state index in [-0.39, 0.29) is 17.6 Å². The SMILES string of the molecule is CCC(CN(C)c1ccc(OC)c(F)c1)C(=O)OC. The molecular weight excluding hydrogens is 249 g/mol. The van der Waals surface area contributed by atoms with Gasteiger partial charge in [-0.05, 0) is 18.6 Å². The van der Waals surface area contributed by atoms with Gasteiger partial charge in [-0.1, -0.05) is 6.92 Å². The number of carbonyl (C=O) groups is 1. The van der Waals surface area contributed by atoms with Crippen LogP contribution in [0.25, 0.3) is 0 Å². The van der Waals surface area contributed by atoms with E-state index in [1.807, 2.05) is 18.9 Å². The molecule has 19 heavy (non-hydrogen) atoms. The van der Waals surface area contributed by atoms with Gasteiger partial charge >= 0.3 is 5.97 Å². The molecule has 0 aliphatic carbocycles. The van der Waals surface area contributed by atoms with Gasteiger partial charge < -0.3 is 14.4 Å². The van der Waals surface area contributed by atoms with Crippen LogP contribution in [-0.4, -0.2) is 33.8 Å². The molecule has 4 nitrogen and oxygen atoms in total. The van der Waals surface area contributed by atoms with Gasteiger partial charge in [0.05, 0.1) is 20.1 Å². The summed E-state index contributed by atoms with van der Waals surface area (Å²) < 4.78 is 23.2. The predicted molar refractivity (Wildman–Crippen MR) is 72.0 cm³/mol. The van der Waals surface area contributed by atoms with E-state index in [1.54, 1.807) is 12.1 Å². The Balaban J connectivity index is 2.79. The van der Waals surface area contributed by atoms with Gasteiger partial charge in [-0.25, -0.2) is 4.39 Å². The average Bonchev–Trinajstić information content (AvgIpc) is 2.43. The molecule has 0 saturated heterocycles. The van der Waals surface area contributed by atoms with Crippen molar-refractivity contribution in [1.29, 1.82) is 0 Å². The number of nitrogens with zero attached hydrogens (tertiary/aromatic N) is 1. The summed E-state index contributed by atoms with van der Waals surface area (Å²) in [4.78, 5) is 13.4. The third-order valence-corrected chi connectivity index (χ3v) is 3.10. The Morgan fingerprint density at radius 1 is 1.42 bits per heavy atom. The molecule has 106 valence electrons. The number of anilines is 1. The number of rotatable bonds is 6. The van der Waals surface area contributed by atoms with Gasteiger partial charge in [-0.15, -0.1) is 0 Å². The number of carbonyl (C=O) groups excluding carboxylic acids is 1. The Morgan fingerprint density at radius 2 is 2.11 bits per heavy atom. The zero-order chi connectivity index (χ0) is 14.4. The molecule has 0 bridgehead atoms. The maximum absolute atomic E-state index is 13.6. The molecule has 1 unspecified atom stereocenters. The predicted octanol–water partition coefficient (Wildman–Crippen LogP) is 2.47. The molecule has 1 aromatic carbocycles. The van der Waals surface area contributed by atoms with Gasteiger partial charge in [0.15, 0.2) is 11.6 Å². The highest BCUT2D eigenvalue weighted by Crippen LogP contribution is 2.23. The molecule has 0 aliphatic rings. The Labute approximate surface area is 113 Å². The summed E-state index contributed by atoms with van der Waals surface area (Å²) >= 11 is 0. The minimum Gasteiger partial charge on any atom is -0.494 e. The van der Waals surface area contributed by atoms with Crippen LogP contribution in [0.1, 0.15) is 13.3 Å². The molecule has 0 radical (unpaired) electrons. The van der Waals surface area contributed by atoms with Gasteiger partial charge in [-0.2, -0.15) is 0 Å². The number of benzene rings is 1. The van der Waals surface area contributed by atoms with E-state index in [0.29, 0.717) is 18.7 Å². The number of methoxy groups -OCH3 is 2. The molecule has 0 amide bonds. The zero-order valence-corrected chi connectivity index (χ0v) is 11.8. The maximum Gasteiger partial charge on any atom is 0.310 e. The Bertz CT molecular complexity index is 437. The number of hydrogen-bond acceptors (Lipinski definition) is 4. The van der Waals surface area contributed by atoms with Crippen LogP contribution in [0, 0.1) is 11.7 Å². The van der Waals surface area contributed by atoms with Crippen LogP contribution < -0.4 is 9.64 Å². The molecule has 0 N–H and O–H groups in total. The van der Waals surface area contributed by atoms with E-state index in [9.17, 15) is 9.18 Å². The molecule has 0 spiro atoms. The lowest BCUT2D eigenvalue weighted by Gasteiger charge is -2.24. The van der Waals surface area contributed by atoms with E-state index < -0.39 is 5.82 Å². The quantitative estimate of drug-likeness (QED) is 0.744. The topological polar surface area (TPSA) is 38.8 Å². The number of hydrogen-bond donors (Lipinski definition) is 0. The van der Waals surface area contributed by atoms with E-state index >= 15 is 0 Å². The van der Waals surface area contributed by atoms with Crippen molar-refractivity contribution >= 4 is 11.7 Å². The van der Waals surface area contributed by atoms with Crippen molar-refractivity contribution in [2.75, 3.05) is 32.7 Å². The lowest BCUT2D eigenvalue weighted by Crippen LogP contribution is -2.30. The summed E-state index contributed by atoms with van der Waals surface area (Å²) in [5.74, 6) is -0.682. The normalized spacial score (nSPS) is 11.8. The fourth-order valence-electron chi connectivity index (χ4n) is 1.87. The van der Waals surface area contributed by atoms with E-state index in [2.05, 4.69) is 0 Å². The first-order valence-electron chi connectivity index (χ1n) is 6.16. The van der Waals surface area contributed by atoms with Crippen LogP contribution >= 0.6 is 0 Å². The largest absolute Gasteiger partial charge is 0.494 e. The summed E-state index contributed by atoms with van der Waals surface area (Å²) in [6.45, 7) is 2.40. The zero-order valence-electron chi connectivity index (χ0n) is 11.8. The maximum atomic E-state index is 13.6. The van der Waals surface area contributed by atoms with Gasteiger partial charge in [0, 0.05) is 25.3 Å². The summed E-state index contributed by atoms with van der Waals surface area (Å²) in [5, 5.41) is 0. The fourth-order valence-corrected chi connectivity index (χ4v) is 1.87. The molecule has 1 atom stereocenters. The first kappa shape index (κ1) is 15.3. The van der Waals surface area contributed by atoms with E-state index in [1.165, 1.54) is 20.3 Å². The van der Waals surface area contributed by atoms with Crippen molar-refractivity contribution in [3.8, 4) is 5.75 Å². The van der Waals surface area contributed by atoms with Crippen molar-refractivity contribution in [3.63, 3.8) is 0 Å². The van der Waals surface area contributed by atoms with Crippen molar-refractivity contribution in [3.05, 3.63) is 24.0 Å². The molecule has 0 aromatic heterocycles. The Kier molecular flexibility index (Phi) is 5.60. The summed E-state index contributed by atoms with van der Waals surface area (Å²) in [7, 11) is 4.61. The summed E-state index contributed by atoms with van der Waals surface area (Å²) in [5.41, 5.74) is 0.695. The van der Waals surface area contributed by atoms with Gasteiger partial charge in [-0.3, -0.25) is 4.79 Å². The minimum atomic E-state index is -0.419. The third-order valence-electron chi connectivity index (χ3n) is 3.10. The summed E-state index contributed by atoms with van der Waals surface area (Å²) in [6, 6.07) is 4.72. The molecular formula is C14H20FNO3. The van der Waals surface area contributed by atoms with Crippen LogP contribution in [-0.2, 0) is 9.53 Å². The van der Waals surface area contributed by atoms with Gasteiger partial charge in [0.1, 0.15) is 0 Å². The second-order valence-electron chi connectivity index (χ2n) is 4.33. The molecule has 1 rings (SSSR count). The van der Waals surface area contributed by atoms with Crippen LogP contribution in [0.4, 0.5) is 10.1 Å². The lowest BCUT2D eigenvalue weighted by molar-refractivity contribution is -0.145.